The highest BCUT2D eigenvalue weighted by atomic mass is 16.6. The maximum absolute atomic E-state index is 13.2. The van der Waals surface area contributed by atoms with Gasteiger partial charge < -0.3 is 10.9 Å². The van der Waals surface area contributed by atoms with Crippen molar-refractivity contribution in [1.29, 1.82) is 0 Å². The van der Waals surface area contributed by atoms with Crippen molar-refractivity contribution >= 4 is 5.97 Å². The molecule has 0 amide bonds. The third-order valence-electron chi connectivity index (χ3n) is 4.08. The smallest absolute Gasteiger partial charge is 0.314 e. The average Bonchev–Trinajstić information content (AvgIpc) is 1.88. The summed E-state index contributed by atoms with van der Waals surface area (Å²) in [4.78, 5) is 13.2. The second-order valence-electron chi connectivity index (χ2n) is 10.0. The second kappa shape index (κ2) is 5.91. The summed E-state index contributed by atoms with van der Waals surface area (Å²) in [5, 5.41) is 0. The Balaban J connectivity index is 0. The van der Waals surface area contributed by atoms with Crippen molar-refractivity contribution in [3.05, 3.63) is 0 Å². The summed E-state index contributed by atoms with van der Waals surface area (Å²) in [6, 6.07) is 0. The van der Waals surface area contributed by atoms with Crippen molar-refractivity contribution in [2.24, 2.45) is 21.7 Å². The Kier molecular flexibility index (Phi) is 6.39. The van der Waals surface area contributed by atoms with Gasteiger partial charge in [0.15, 0.2) is 0 Å². The molecular weight excluding hydrogens is 262 g/mol. The molecule has 128 valence electrons. The summed E-state index contributed by atoms with van der Waals surface area (Å²) < 4.78 is 5.84. The first-order chi connectivity index (χ1) is 8.38. The largest absolute Gasteiger partial charge is 0.459 e. The molecule has 3 heteroatoms. The SMILES string of the molecule is CC(C)(C)OC(=O)C(C(C)(C)C)(C(C)(C)C)C(C)(C)C.N. The lowest BCUT2D eigenvalue weighted by Gasteiger charge is -2.59. The summed E-state index contributed by atoms with van der Waals surface area (Å²) in [7, 11) is 0. The summed E-state index contributed by atoms with van der Waals surface area (Å²) in [6.45, 7) is 25.1. The van der Waals surface area contributed by atoms with Crippen molar-refractivity contribution in [3.8, 4) is 0 Å². The zero-order valence-electron chi connectivity index (χ0n) is 16.5. The molecule has 0 spiro atoms. The second-order valence-corrected chi connectivity index (χ2v) is 10.0. The van der Waals surface area contributed by atoms with E-state index in [9.17, 15) is 4.79 Å². The molecule has 0 saturated heterocycles. The van der Waals surface area contributed by atoms with E-state index in [0.717, 1.165) is 0 Å². The molecule has 0 aromatic heterocycles. The summed E-state index contributed by atoms with van der Waals surface area (Å²) in [5.74, 6) is -0.0856. The predicted molar refractivity (Wildman–Crippen MR) is 91.7 cm³/mol. The van der Waals surface area contributed by atoms with Gasteiger partial charge in [-0.15, -0.1) is 0 Å². The van der Waals surface area contributed by atoms with Crippen molar-refractivity contribution in [1.82, 2.24) is 6.15 Å². The van der Waals surface area contributed by atoms with Gasteiger partial charge in [-0.2, -0.15) is 0 Å². The Morgan fingerprint density at radius 2 is 0.857 bits per heavy atom. The monoisotopic (exact) mass is 301 g/mol. The van der Waals surface area contributed by atoms with Crippen LogP contribution >= 0.6 is 0 Å². The topological polar surface area (TPSA) is 61.3 Å². The molecule has 0 saturated carbocycles. The highest BCUT2D eigenvalue weighted by Crippen LogP contribution is 2.62. The minimum absolute atomic E-state index is 0. The van der Waals surface area contributed by atoms with Gasteiger partial charge in [0.05, 0.1) is 5.41 Å². The number of carbonyl (C=O) groups is 1. The van der Waals surface area contributed by atoms with Crippen LogP contribution in [0.5, 0.6) is 0 Å². The maximum atomic E-state index is 13.2. The summed E-state index contributed by atoms with van der Waals surface area (Å²) in [6.07, 6.45) is 0. The lowest BCUT2D eigenvalue weighted by atomic mass is 9.44. The van der Waals surface area contributed by atoms with Gasteiger partial charge in [0.2, 0.25) is 0 Å². The fourth-order valence-corrected chi connectivity index (χ4v) is 4.65. The van der Waals surface area contributed by atoms with Crippen LogP contribution in [0.1, 0.15) is 83.1 Å². The lowest BCUT2D eigenvalue weighted by Crippen LogP contribution is -2.61. The zero-order chi connectivity index (χ0) is 16.8. The van der Waals surface area contributed by atoms with Gasteiger partial charge in [-0.3, -0.25) is 4.79 Å². The van der Waals surface area contributed by atoms with Crippen molar-refractivity contribution in [2.45, 2.75) is 88.7 Å². The number of ether oxygens (including phenoxy) is 1. The first-order valence-corrected chi connectivity index (χ1v) is 7.61. The molecule has 0 fully saturated rings. The molecule has 0 aliphatic heterocycles. The zero-order valence-corrected chi connectivity index (χ0v) is 16.5. The Hall–Kier alpha value is -0.570. The molecular formula is C18H39NO2. The van der Waals surface area contributed by atoms with Crippen molar-refractivity contribution in [3.63, 3.8) is 0 Å². The third kappa shape index (κ3) is 4.21. The van der Waals surface area contributed by atoms with E-state index in [1.165, 1.54) is 0 Å². The van der Waals surface area contributed by atoms with Crippen LogP contribution in [0, 0.1) is 21.7 Å². The van der Waals surface area contributed by atoms with Crippen LogP contribution in [-0.2, 0) is 9.53 Å². The van der Waals surface area contributed by atoms with Gasteiger partial charge in [-0.25, -0.2) is 0 Å². The molecule has 0 atom stereocenters. The van der Waals surface area contributed by atoms with E-state index in [4.69, 9.17) is 4.74 Å². The number of esters is 1. The first kappa shape index (κ1) is 22.7. The highest BCUT2D eigenvalue weighted by Gasteiger charge is 2.64. The molecule has 0 radical (unpaired) electrons. The number of carbonyl (C=O) groups excluding carboxylic acids is 1. The molecule has 3 N–H and O–H groups in total. The van der Waals surface area contributed by atoms with E-state index in [-0.39, 0.29) is 28.4 Å². The molecule has 0 aliphatic carbocycles. The van der Waals surface area contributed by atoms with E-state index in [1.54, 1.807) is 0 Å². The fraction of sp³-hybridized carbons (Fsp3) is 0.944. The van der Waals surface area contributed by atoms with Crippen LogP contribution < -0.4 is 6.15 Å². The molecule has 3 nitrogen and oxygen atoms in total. The van der Waals surface area contributed by atoms with Crippen LogP contribution in [0.2, 0.25) is 0 Å². The maximum Gasteiger partial charge on any atom is 0.314 e. The van der Waals surface area contributed by atoms with Gasteiger partial charge in [-0.1, -0.05) is 62.3 Å². The van der Waals surface area contributed by atoms with E-state index in [0.29, 0.717) is 0 Å². The van der Waals surface area contributed by atoms with Crippen molar-refractivity contribution in [2.75, 3.05) is 0 Å². The Labute approximate surface area is 132 Å². The van der Waals surface area contributed by atoms with E-state index >= 15 is 0 Å². The highest BCUT2D eigenvalue weighted by molar-refractivity contribution is 5.80. The van der Waals surface area contributed by atoms with Gasteiger partial charge in [-0.05, 0) is 37.0 Å². The molecule has 0 unspecified atom stereocenters. The fourth-order valence-electron chi connectivity index (χ4n) is 4.65. The van der Waals surface area contributed by atoms with Crippen LogP contribution in [0.25, 0.3) is 0 Å². The molecule has 0 aromatic carbocycles. The van der Waals surface area contributed by atoms with E-state index in [1.807, 2.05) is 20.8 Å². The number of hydrogen-bond acceptors (Lipinski definition) is 3. The van der Waals surface area contributed by atoms with Gasteiger partial charge in [0, 0.05) is 0 Å². The van der Waals surface area contributed by atoms with E-state index < -0.39 is 11.0 Å². The van der Waals surface area contributed by atoms with Crippen LogP contribution in [0.15, 0.2) is 0 Å². The van der Waals surface area contributed by atoms with Crippen LogP contribution in [-0.4, -0.2) is 11.6 Å². The third-order valence-corrected chi connectivity index (χ3v) is 4.08. The van der Waals surface area contributed by atoms with Gasteiger partial charge in [0.25, 0.3) is 0 Å². The normalized spacial score (nSPS) is 14.5. The van der Waals surface area contributed by atoms with E-state index in [2.05, 4.69) is 62.3 Å². The van der Waals surface area contributed by atoms with Gasteiger partial charge in [0.1, 0.15) is 5.60 Å². The van der Waals surface area contributed by atoms with Gasteiger partial charge >= 0.3 is 5.97 Å². The van der Waals surface area contributed by atoms with Crippen LogP contribution in [0.3, 0.4) is 0 Å². The molecule has 0 rings (SSSR count). The van der Waals surface area contributed by atoms with Crippen molar-refractivity contribution < 1.29 is 9.53 Å². The van der Waals surface area contributed by atoms with Crippen LogP contribution in [0.4, 0.5) is 0 Å². The summed E-state index contributed by atoms with van der Waals surface area (Å²) in [5.41, 5.74) is -1.66. The average molecular weight is 302 g/mol. The quantitative estimate of drug-likeness (QED) is 0.640. The summed E-state index contributed by atoms with van der Waals surface area (Å²) >= 11 is 0. The molecule has 0 aliphatic rings. The standard InChI is InChI=1S/C18H36O2.H3N/c1-14(2,3)18(15(4,5)6,16(7,8)9)13(19)20-17(10,11)12;/h1-12H3;1H3. The molecule has 0 bridgehead atoms. The minimum atomic E-state index is -0.583. The number of rotatable bonds is 1. The lowest BCUT2D eigenvalue weighted by molar-refractivity contribution is -0.205. The Morgan fingerprint density at radius 3 is 1.00 bits per heavy atom. The Bertz CT molecular complexity index is 321. The molecule has 21 heavy (non-hydrogen) atoms. The molecule has 0 heterocycles. The first-order valence-electron chi connectivity index (χ1n) is 7.61. The molecule has 0 aromatic rings. The predicted octanol–water partition coefficient (Wildman–Crippen LogP) is 5.61. The Morgan fingerprint density at radius 1 is 0.619 bits per heavy atom. The minimum Gasteiger partial charge on any atom is -0.459 e. The number of hydrogen-bond donors (Lipinski definition) is 1.